The summed E-state index contributed by atoms with van der Waals surface area (Å²) in [7, 11) is 0. The Balaban J connectivity index is 1.01. The minimum absolute atomic E-state index is 0.214. The molecule has 7 nitrogen and oxygen atoms in total. The Morgan fingerprint density at radius 3 is 1.21 bits per heavy atom. The smallest absolute Gasteiger partial charge is 0.279 e. The van der Waals surface area contributed by atoms with Crippen LogP contribution in [0.3, 0.4) is 0 Å². The predicted molar refractivity (Wildman–Crippen MR) is 333 cm³/mol. The van der Waals surface area contributed by atoms with Gasteiger partial charge in [-0.05, 0) is 149 Å². The third kappa shape index (κ3) is 7.21. The highest BCUT2D eigenvalue weighted by molar-refractivity contribution is 7.01. The first-order chi connectivity index (χ1) is 39.7. The highest BCUT2D eigenvalue weighted by Crippen LogP contribution is 2.50. The predicted octanol–water partition coefficient (Wildman–Crippen LogP) is 14.5. The summed E-state index contributed by atoms with van der Waals surface area (Å²) in [5, 5.41) is 0. The van der Waals surface area contributed by atoms with Crippen LogP contribution >= 0.6 is 0 Å². The maximum atomic E-state index is 7.18. The molecule has 0 spiro atoms. The second-order valence-corrected chi connectivity index (χ2v) is 20.7. The number of hydrogen-bond donors (Lipinski definition) is 0. The molecular formula is C71H48B2N6O. The first-order valence-corrected chi connectivity index (χ1v) is 27.4. The quantitative estimate of drug-likeness (QED) is 0.133. The number of hydrogen-bond acceptors (Lipinski definition) is 7. The lowest BCUT2D eigenvalue weighted by Crippen LogP contribution is -2.64. The molecule has 0 amide bonds. The molecular weight excluding hydrogens is 974 g/mol. The van der Waals surface area contributed by atoms with Crippen molar-refractivity contribution >= 4 is 132 Å². The zero-order chi connectivity index (χ0) is 52.7. The summed E-state index contributed by atoms with van der Waals surface area (Å²) in [6.45, 7) is -0.490. The molecule has 0 unspecified atom stereocenters. The van der Waals surface area contributed by atoms with Crippen molar-refractivity contribution in [3.8, 4) is 11.5 Å². The van der Waals surface area contributed by atoms with Gasteiger partial charge in [-0.2, -0.15) is 0 Å². The van der Waals surface area contributed by atoms with Gasteiger partial charge in [0.15, 0.2) is 0 Å². The monoisotopic (exact) mass is 1020 g/mol. The van der Waals surface area contributed by atoms with Gasteiger partial charge in [0.25, 0.3) is 13.4 Å². The Hall–Kier alpha value is -10.5. The molecule has 9 heteroatoms. The van der Waals surface area contributed by atoms with Crippen LogP contribution in [0.15, 0.2) is 291 Å². The normalized spacial score (nSPS) is 13.0. The number of para-hydroxylation sites is 9. The maximum Gasteiger partial charge on any atom is 0.279 e. The summed E-state index contributed by atoms with van der Waals surface area (Å²) in [5.41, 5.74) is 21.4. The molecule has 374 valence electrons. The molecule has 16 rings (SSSR count). The lowest BCUT2D eigenvalue weighted by molar-refractivity contribution is 0.487. The summed E-state index contributed by atoms with van der Waals surface area (Å²) < 4.78 is 7.18. The van der Waals surface area contributed by atoms with Crippen LogP contribution in [0.2, 0.25) is 0 Å². The van der Waals surface area contributed by atoms with E-state index < -0.39 is 0 Å². The molecule has 0 N–H and O–H groups in total. The Morgan fingerprint density at radius 2 is 0.688 bits per heavy atom. The lowest BCUT2D eigenvalue weighted by atomic mass is 9.32. The van der Waals surface area contributed by atoms with Crippen molar-refractivity contribution in [1.82, 2.24) is 4.98 Å². The highest BCUT2D eigenvalue weighted by Gasteiger charge is 2.49. The van der Waals surface area contributed by atoms with Crippen LogP contribution in [-0.4, -0.2) is 18.4 Å². The summed E-state index contributed by atoms with van der Waals surface area (Å²) in [6, 6.07) is 105. The Labute approximate surface area is 466 Å². The van der Waals surface area contributed by atoms with Crippen LogP contribution in [0.1, 0.15) is 0 Å². The Kier molecular flexibility index (Phi) is 10.6. The SMILES string of the molecule is c1ccc(N(c2ccccc2)c2cc3c4c(c2)N(c2ccccc2)c2cc5c(nc2B4c2ccccc2O3)N(c2ccccc2)c2cc(N(c3ccccc3)c3ccccc3)cc3c2B5c2ccccc2N3c2ccccc2)cc1. The van der Waals surface area contributed by atoms with E-state index in [4.69, 9.17) is 9.72 Å². The number of anilines is 15. The zero-order valence-corrected chi connectivity index (χ0v) is 43.5. The van der Waals surface area contributed by atoms with Gasteiger partial charge in [0.1, 0.15) is 17.3 Å². The van der Waals surface area contributed by atoms with E-state index in [1.165, 1.54) is 10.9 Å². The van der Waals surface area contributed by atoms with Gasteiger partial charge in [0.2, 0.25) is 0 Å². The average Bonchev–Trinajstić information content (AvgIpc) is 3.31. The molecule has 5 heterocycles. The second-order valence-electron chi connectivity index (χ2n) is 20.7. The summed E-state index contributed by atoms with van der Waals surface area (Å²) in [5.74, 6) is 2.51. The molecule has 4 aliphatic heterocycles. The minimum atomic E-state index is -0.277. The van der Waals surface area contributed by atoms with E-state index in [0.717, 1.165) is 119 Å². The van der Waals surface area contributed by atoms with Gasteiger partial charge >= 0.3 is 0 Å². The van der Waals surface area contributed by atoms with Gasteiger partial charge in [0.05, 0.1) is 17.1 Å². The first kappa shape index (κ1) is 45.7. The molecule has 80 heavy (non-hydrogen) atoms. The maximum absolute atomic E-state index is 7.18. The molecule has 4 aliphatic rings. The molecule has 0 aliphatic carbocycles. The Bertz CT molecular complexity index is 4230. The van der Waals surface area contributed by atoms with Crippen LogP contribution in [0.5, 0.6) is 11.5 Å². The number of rotatable bonds is 9. The topological polar surface area (TPSA) is 38.3 Å². The van der Waals surface area contributed by atoms with Crippen molar-refractivity contribution in [2.24, 2.45) is 0 Å². The molecule has 0 fully saturated rings. The van der Waals surface area contributed by atoms with Crippen molar-refractivity contribution in [2.45, 2.75) is 0 Å². The van der Waals surface area contributed by atoms with E-state index in [9.17, 15) is 0 Å². The van der Waals surface area contributed by atoms with E-state index in [1.54, 1.807) is 0 Å². The number of aromatic nitrogens is 1. The van der Waals surface area contributed by atoms with Crippen molar-refractivity contribution in [3.63, 3.8) is 0 Å². The Morgan fingerprint density at radius 1 is 0.287 bits per heavy atom. The molecule has 0 bridgehead atoms. The van der Waals surface area contributed by atoms with Gasteiger partial charge in [-0.25, -0.2) is 4.98 Å². The van der Waals surface area contributed by atoms with E-state index in [0.29, 0.717) is 0 Å². The van der Waals surface area contributed by atoms with Gasteiger partial charge in [-0.3, -0.25) is 4.90 Å². The van der Waals surface area contributed by atoms with Crippen molar-refractivity contribution in [3.05, 3.63) is 291 Å². The molecule has 11 aromatic carbocycles. The summed E-state index contributed by atoms with van der Waals surface area (Å²) in [4.78, 5) is 18.3. The van der Waals surface area contributed by atoms with Crippen LogP contribution < -0.4 is 62.1 Å². The van der Waals surface area contributed by atoms with Gasteiger partial charge in [-0.1, -0.05) is 164 Å². The van der Waals surface area contributed by atoms with Crippen molar-refractivity contribution < 1.29 is 4.74 Å². The standard InChI is InChI=1S/C71H48B2N6O/c1-8-26-49(27-9-1)75(50-28-10-2-11-29-50)56-44-62-68-63(45-56)79(55-38-20-7-21-39-55)71-60(72(68)58-40-22-24-42-61(58)77(62)53-34-16-5-17-35-53)48-65-70(74-71)73-59-41-23-25-43-66(59)80-67-47-57(46-64(69(67)73)78(65)54-36-18-6-19-37-54)76(51-30-12-3-13-31-51)52-32-14-4-15-33-52/h1-48H. The zero-order valence-electron chi connectivity index (χ0n) is 43.5. The van der Waals surface area contributed by atoms with Gasteiger partial charge in [-0.15, -0.1) is 0 Å². The van der Waals surface area contributed by atoms with E-state index >= 15 is 0 Å². The van der Waals surface area contributed by atoms with Crippen LogP contribution in [-0.2, 0) is 0 Å². The number of pyridine rings is 1. The van der Waals surface area contributed by atoms with Crippen LogP contribution in [0.4, 0.5) is 85.4 Å². The van der Waals surface area contributed by atoms with Gasteiger partial charge < -0.3 is 24.3 Å². The molecule has 0 saturated carbocycles. The van der Waals surface area contributed by atoms with Gasteiger partial charge in [0, 0.05) is 74.2 Å². The molecule has 0 radical (unpaired) electrons. The molecule has 0 atom stereocenters. The van der Waals surface area contributed by atoms with Crippen LogP contribution in [0, 0.1) is 0 Å². The van der Waals surface area contributed by atoms with E-state index in [1.807, 2.05) is 0 Å². The third-order valence-electron chi connectivity index (χ3n) is 16.2. The van der Waals surface area contributed by atoms with E-state index in [-0.39, 0.29) is 13.4 Å². The fourth-order valence-electron chi connectivity index (χ4n) is 12.9. The summed E-state index contributed by atoms with van der Waals surface area (Å²) >= 11 is 0. The lowest BCUT2D eigenvalue weighted by Gasteiger charge is -2.46. The van der Waals surface area contributed by atoms with Crippen molar-refractivity contribution in [1.29, 1.82) is 0 Å². The third-order valence-corrected chi connectivity index (χ3v) is 16.2. The van der Waals surface area contributed by atoms with E-state index in [2.05, 4.69) is 316 Å². The largest absolute Gasteiger partial charge is 0.458 e. The first-order valence-electron chi connectivity index (χ1n) is 27.4. The number of ether oxygens (including phenoxy) is 1. The summed E-state index contributed by atoms with van der Waals surface area (Å²) in [6.07, 6.45) is 0. The number of benzene rings is 11. The number of nitrogens with zero attached hydrogens (tertiary/aromatic N) is 6. The number of fused-ring (bicyclic) bond motifs is 8. The van der Waals surface area contributed by atoms with Crippen LogP contribution in [0.25, 0.3) is 0 Å². The average molecular weight is 1020 g/mol. The van der Waals surface area contributed by atoms with Crippen molar-refractivity contribution in [2.75, 3.05) is 24.5 Å². The molecule has 12 aromatic rings. The molecule has 1 aromatic heterocycles. The second kappa shape index (κ2) is 18.6. The highest BCUT2D eigenvalue weighted by atomic mass is 16.5. The minimum Gasteiger partial charge on any atom is -0.458 e. The fraction of sp³-hybridized carbons (Fsp3) is 0. The molecule has 0 saturated heterocycles. The fourth-order valence-corrected chi connectivity index (χ4v) is 12.9.